The first-order chi connectivity index (χ1) is 16.3. The van der Waals surface area contributed by atoms with Gasteiger partial charge in [0.25, 0.3) is 0 Å². The molecule has 0 N–H and O–H groups in total. The number of ether oxygens (including phenoxy) is 2. The third-order valence-corrected chi connectivity index (χ3v) is 4.88. The molecule has 8 heteroatoms. The van der Waals surface area contributed by atoms with Crippen LogP contribution in [0.3, 0.4) is 0 Å². The number of pyridine rings is 1. The lowest BCUT2D eigenvalue weighted by Gasteiger charge is -2.09. The molecule has 0 unspecified atom stereocenters. The van der Waals surface area contributed by atoms with Gasteiger partial charge < -0.3 is 14.3 Å². The number of rotatable bonds is 9. The van der Waals surface area contributed by atoms with E-state index in [0.29, 0.717) is 12.4 Å². The van der Waals surface area contributed by atoms with Gasteiger partial charge in [-0.1, -0.05) is 59.4 Å². The Morgan fingerprint density at radius 2 is 1.55 bits per heavy atom. The number of para-hydroxylation sites is 1. The maximum Gasteiger partial charge on any atom is 0.217 e. The zero-order valence-corrected chi connectivity index (χ0v) is 17.7. The predicted octanol–water partition coefficient (Wildman–Crippen LogP) is 4.36. The van der Waals surface area contributed by atoms with Crippen molar-refractivity contribution in [2.24, 2.45) is 0 Å². The normalized spacial score (nSPS) is 10.9. The summed E-state index contributed by atoms with van der Waals surface area (Å²) in [6, 6.07) is 29.3. The van der Waals surface area contributed by atoms with Gasteiger partial charge in [0, 0.05) is 5.39 Å². The SMILES string of the molecule is c1ccc(COCc2nnnn2OCc2ccc3cc(Oc4ccccc4)ccc3n2)cc1. The molecule has 8 nitrogen and oxygen atoms in total. The third-order valence-electron chi connectivity index (χ3n) is 4.88. The van der Waals surface area contributed by atoms with Crippen LogP contribution in [0.5, 0.6) is 11.5 Å². The Bertz CT molecular complexity index is 1330. The molecule has 0 amide bonds. The van der Waals surface area contributed by atoms with Crippen LogP contribution in [-0.2, 0) is 24.6 Å². The van der Waals surface area contributed by atoms with E-state index in [1.54, 1.807) is 0 Å². The fraction of sp³-hybridized carbons (Fsp3) is 0.120. The van der Waals surface area contributed by atoms with Crippen LogP contribution in [0.2, 0.25) is 0 Å². The first-order valence-electron chi connectivity index (χ1n) is 10.5. The number of nitrogens with zero attached hydrogens (tertiary/aromatic N) is 5. The minimum absolute atomic E-state index is 0.217. The molecule has 0 spiro atoms. The van der Waals surface area contributed by atoms with Crippen molar-refractivity contribution >= 4 is 10.9 Å². The molecule has 0 saturated heterocycles. The molecule has 0 aliphatic heterocycles. The number of fused-ring (bicyclic) bond motifs is 1. The van der Waals surface area contributed by atoms with Crippen molar-refractivity contribution < 1.29 is 14.3 Å². The minimum atomic E-state index is 0.217. The van der Waals surface area contributed by atoms with E-state index >= 15 is 0 Å². The van der Waals surface area contributed by atoms with E-state index in [-0.39, 0.29) is 13.2 Å². The van der Waals surface area contributed by atoms with E-state index < -0.39 is 0 Å². The van der Waals surface area contributed by atoms with Gasteiger partial charge in [-0.3, -0.25) is 0 Å². The lowest BCUT2D eigenvalue weighted by Crippen LogP contribution is -2.17. The fourth-order valence-electron chi connectivity index (χ4n) is 3.26. The van der Waals surface area contributed by atoms with Crippen molar-refractivity contribution in [2.45, 2.75) is 19.8 Å². The van der Waals surface area contributed by atoms with Crippen LogP contribution in [0.1, 0.15) is 17.1 Å². The first-order valence-corrected chi connectivity index (χ1v) is 10.5. The monoisotopic (exact) mass is 439 g/mol. The average Bonchev–Trinajstić information content (AvgIpc) is 3.31. The third kappa shape index (κ3) is 5.31. The highest BCUT2D eigenvalue weighted by molar-refractivity contribution is 5.80. The zero-order valence-electron chi connectivity index (χ0n) is 17.7. The Morgan fingerprint density at radius 3 is 2.39 bits per heavy atom. The van der Waals surface area contributed by atoms with E-state index in [9.17, 15) is 0 Å². The molecule has 33 heavy (non-hydrogen) atoms. The maximum absolute atomic E-state index is 5.90. The van der Waals surface area contributed by atoms with Crippen molar-refractivity contribution in [1.82, 2.24) is 25.4 Å². The van der Waals surface area contributed by atoms with E-state index in [0.717, 1.165) is 33.7 Å². The van der Waals surface area contributed by atoms with Crippen LogP contribution in [0.4, 0.5) is 0 Å². The lowest BCUT2D eigenvalue weighted by atomic mass is 10.2. The summed E-state index contributed by atoms with van der Waals surface area (Å²) in [6.45, 7) is 0.919. The Hall–Kier alpha value is -4.30. The molecule has 0 aliphatic rings. The van der Waals surface area contributed by atoms with Gasteiger partial charge in [-0.2, -0.15) is 0 Å². The molecule has 0 radical (unpaired) electrons. The molecule has 5 rings (SSSR count). The highest BCUT2D eigenvalue weighted by Gasteiger charge is 2.09. The van der Waals surface area contributed by atoms with Crippen LogP contribution in [0.25, 0.3) is 10.9 Å². The van der Waals surface area contributed by atoms with Crippen molar-refractivity contribution in [2.75, 3.05) is 0 Å². The summed E-state index contributed by atoms with van der Waals surface area (Å²) in [5.74, 6) is 2.03. The van der Waals surface area contributed by atoms with E-state index in [1.165, 1.54) is 4.85 Å². The molecule has 5 aromatic rings. The Kier molecular flexibility index (Phi) is 6.17. The number of hydrogen-bond acceptors (Lipinski definition) is 7. The smallest absolute Gasteiger partial charge is 0.217 e. The van der Waals surface area contributed by atoms with Gasteiger partial charge in [0.05, 0.1) is 17.8 Å². The molecular weight excluding hydrogens is 418 g/mol. The fourth-order valence-corrected chi connectivity index (χ4v) is 3.26. The quantitative estimate of drug-likeness (QED) is 0.337. The molecule has 0 aliphatic carbocycles. The van der Waals surface area contributed by atoms with Crippen molar-refractivity contribution in [1.29, 1.82) is 0 Å². The summed E-state index contributed by atoms with van der Waals surface area (Å²) in [4.78, 5) is 11.7. The van der Waals surface area contributed by atoms with Gasteiger partial charge in [0.15, 0.2) is 6.61 Å². The first kappa shape index (κ1) is 20.6. The molecule has 0 bridgehead atoms. The van der Waals surface area contributed by atoms with Gasteiger partial charge in [-0.05, 0) is 52.4 Å². The summed E-state index contributed by atoms with van der Waals surface area (Å²) in [5, 5.41) is 12.5. The molecule has 2 heterocycles. The highest BCUT2D eigenvalue weighted by atomic mass is 16.7. The van der Waals surface area contributed by atoms with Crippen molar-refractivity contribution in [3.63, 3.8) is 0 Å². The number of aromatic nitrogens is 5. The topological polar surface area (TPSA) is 84.2 Å². The summed E-state index contributed by atoms with van der Waals surface area (Å²) >= 11 is 0. The van der Waals surface area contributed by atoms with E-state index in [1.807, 2.05) is 91.0 Å². The zero-order chi connectivity index (χ0) is 22.3. The summed E-state index contributed by atoms with van der Waals surface area (Å²) in [6.07, 6.45) is 0. The Labute approximate surface area is 190 Å². The molecule has 2 aromatic heterocycles. The van der Waals surface area contributed by atoms with Gasteiger partial charge in [0.2, 0.25) is 5.82 Å². The molecular formula is C25H21N5O3. The number of hydrogen-bond donors (Lipinski definition) is 0. The van der Waals surface area contributed by atoms with Crippen LogP contribution >= 0.6 is 0 Å². The average molecular weight is 439 g/mol. The van der Waals surface area contributed by atoms with E-state index in [4.69, 9.17) is 14.3 Å². The summed E-state index contributed by atoms with van der Waals surface area (Å²) in [5.41, 5.74) is 2.68. The number of benzene rings is 3. The van der Waals surface area contributed by atoms with Crippen LogP contribution < -0.4 is 9.57 Å². The molecule has 0 fully saturated rings. The van der Waals surface area contributed by atoms with Crippen LogP contribution in [-0.4, -0.2) is 25.4 Å². The van der Waals surface area contributed by atoms with Gasteiger partial charge in [-0.15, -0.1) is 5.10 Å². The van der Waals surface area contributed by atoms with Gasteiger partial charge >= 0.3 is 0 Å². The standard InChI is InChI=1S/C25H21N5O3/c1-3-7-19(8-4-1)16-31-18-25-27-28-29-30(25)32-17-21-12-11-20-15-23(13-14-24(20)26-21)33-22-9-5-2-6-10-22/h1-15H,16-18H2. The second kappa shape index (κ2) is 9.88. The predicted molar refractivity (Wildman–Crippen MR) is 121 cm³/mol. The van der Waals surface area contributed by atoms with Crippen LogP contribution in [0.15, 0.2) is 91.0 Å². The van der Waals surface area contributed by atoms with Gasteiger partial charge in [0.1, 0.15) is 18.1 Å². The Balaban J connectivity index is 1.19. The molecule has 0 atom stereocenters. The van der Waals surface area contributed by atoms with E-state index in [2.05, 4.69) is 20.5 Å². The van der Waals surface area contributed by atoms with Crippen molar-refractivity contribution in [3.05, 3.63) is 108 Å². The van der Waals surface area contributed by atoms with Gasteiger partial charge in [-0.25, -0.2) is 4.98 Å². The second-order valence-corrected chi connectivity index (χ2v) is 7.29. The van der Waals surface area contributed by atoms with Crippen molar-refractivity contribution in [3.8, 4) is 11.5 Å². The molecule has 164 valence electrons. The molecule has 3 aromatic carbocycles. The number of tetrazole rings is 1. The summed E-state index contributed by atoms with van der Waals surface area (Å²) in [7, 11) is 0. The second-order valence-electron chi connectivity index (χ2n) is 7.29. The maximum atomic E-state index is 5.90. The molecule has 0 saturated carbocycles. The van der Waals surface area contributed by atoms with Crippen LogP contribution in [0, 0.1) is 0 Å². The highest BCUT2D eigenvalue weighted by Crippen LogP contribution is 2.25. The Morgan fingerprint density at radius 1 is 0.727 bits per heavy atom. The minimum Gasteiger partial charge on any atom is -0.457 e. The lowest BCUT2D eigenvalue weighted by molar-refractivity contribution is 0.0329. The largest absolute Gasteiger partial charge is 0.457 e. The summed E-state index contributed by atoms with van der Waals surface area (Å²) < 4.78 is 11.6.